The summed E-state index contributed by atoms with van der Waals surface area (Å²) in [4.78, 5) is 22.8. The molecule has 2 atom stereocenters. The molecule has 2 unspecified atom stereocenters. The van der Waals surface area contributed by atoms with E-state index in [1.54, 1.807) is 0 Å². The summed E-state index contributed by atoms with van der Waals surface area (Å²) in [5.41, 5.74) is 0. The summed E-state index contributed by atoms with van der Waals surface area (Å²) in [6.45, 7) is 5.45. The van der Waals surface area contributed by atoms with Crippen LogP contribution in [0, 0.1) is 0 Å². The number of allylic oxidation sites excluding steroid dienone is 8. The highest BCUT2D eigenvalue weighted by Crippen LogP contribution is 2.43. The molecule has 0 rings (SSSR count). The first-order valence-corrected chi connectivity index (χ1v) is 22.9. The van der Waals surface area contributed by atoms with Gasteiger partial charge in [0.2, 0.25) is 0 Å². The number of esters is 1. The number of hydrogen-bond acceptors (Lipinski definition) is 6. The molecule has 0 aromatic heterocycles. The van der Waals surface area contributed by atoms with Crippen molar-refractivity contribution in [3.63, 3.8) is 0 Å². The Morgan fingerprint density at radius 2 is 1.09 bits per heavy atom. The molecule has 0 aromatic rings. The number of rotatable bonds is 39. The summed E-state index contributed by atoms with van der Waals surface area (Å²) in [6.07, 6.45) is 44.3. The van der Waals surface area contributed by atoms with Gasteiger partial charge in [-0.2, -0.15) is 0 Å². The Labute approximate surface area is 327 Å². The molecule has 0 aliphatic heterocycles. The van der Waals surface area contributed by atoms with Gasteiger partial charge in [0, 0.05) is 13.0 Å². The molecule has 53 heavy (non-hydrogen) atoms. The second kappa shape index (κ2) is 37.4. The van der Waals surface area contributed by atoms with Crippen LogP contribution >= 0.6 is 7.82 Å². The van der Waals surface area contributed by atoms with Crippen molar-refractivity contribution in [2.75, 3.05) is 54.1 Å². The molecular formula is C44H83NO7P+. The van der Waals surface area contributed by atoms with Gasteiger partial charge in [0.25, 0.3) is 0 Å². The van der Waals surface area contributed by atoms with Crippen molar-refractivity contribution in [3.05, 3.63) is 48.6 Å². The van der Waals surface area contributed by atoms with Gasteiger partial charge in [-0.1, -0.05) is 140 Å². The lowest BCUT2D eigenvalue weighted by Crippen LogP contribution is -2.37. The molecule has 310 valence electrons. The smallest absolute Gasteiger partial charge is 0.457 e. The zero-order valence-electron chi connectivity index (χ0n) is 35.0. The van der Waals surface area contributed by atoms with E-state index in [9.17, 15) is 14.3 Å². The predicted octanol–water partition coefficient (Wildman–Crippen LogP) is 12.4. The second-order valence-electron chi connectivity index (χ2n) is 15.3. The number of phosphoric acid groups is 1. The molecule has 0 spiro atoms. The zero-order chi connectivity index (χ0) is 39.1. The van der Waals surface area contributed by atoms with E-state index in [2.05, 4.69) is 62.5 Å². The van der Waals surface area contributed by atoms with Crippen molar-refractivity contribution in [2.45, 2.75) is 174 Å². The maximum atomic E-state index is 12.6. The summed E-state index contributed by atoms with van der Waals surface area (Å²) in [6, 6.07) is 0. The fourth-order valence-electron chi connectivity index (χ4n) is 5.56. The Hall–Kier alpha value is -1.54. The van der Waals surface area contributed by atoms with Crippen molar-refractivity contribution >= 4 is 13.8 Å². The standard InChI is InChI=1S/C44H82NO7P/c1-6-8-10-12-14-16-18-20-21-22-23-24-26-28-30-32-34-36-39-49-41-43(42-51-53(47,48)50-40-38-45(3,4)5)52-44(46)37-35-33-31-29-27-25-19-17-15-13-11-9-7-2/h9,11,15,17,20-21,25,27,43H,6-8,10,12-14,16,18-19,22-24,26,28-42H2,1-5H3/p+1/b11-9-,17-15-,21-20-,27-25-. The summed E-state index contributed by atoms with van der Waals surface area (Å²) < 4.78 is 34.9. The minimum atomic E-state index is -4.28. The predicted molar refractivity (Wildman–Crippen MR) is 224 cm³/mol. The molecular weight excluding hydrogens is 685 g/mol. The van der Waals surface area contributed by atoms with Crippen LogP contribution in [0.25, 0.3) is 0 Å². The summed E-state index contributed by atoms with van der Waals surface area (Å²) >= 11 is 0. The maximum absolute atomic E-state index is 12.6. The van der Waals surface area contributed by atoms with E-state index in [0.29, 0.717) is 24.1 Å². The van der Waals surface area contributed by atoms with Crippen molar-refractivity contribution in [3.8, 4) is 0 Å². The van der Waals surface area contributed by atoms with Crippen molar-refractivity contribution < 1.29 is 37.3 Å². The highest BCUT2D eigenvalue weighted by molar-refractivity contribution is 7.47. The van der Waals surface area contributed by atoms with Crippen molar-refractivity contribution in [1.82, 2.24) is 0 Å². The van der Waals surface area contributed by atoms with Gasteiger partial charge in [-0.05, 0) is 70.6 Å². The molecule has 0 aliphatic rings. The van der Waals surface area contributed by atoms with Gasteiger partial charge in [0.15, 0.2) is 0 Å². The van der Waals surface area contributed by atoms with E-state index in [4.69, 9.17) is 18.5 Å². The molecule has 0 radical (unpaired) electrons. The first-order valence-electron chi connectivity index (χ1n) is 21.4. The van der Waals surface area contributed by atoms with E-state index in [1.807, 2.05) is 21.1 Å². The van der Waals surface area contributed by atoms with Crippen molar-refractivity contribution in [2.24, 2.45) is 0 Å². The topological polar surface area (TPSA) is 91.3 Å². The van der Waals surface area contributed by atoms with E-state index in [0.717, 1.165) is 57.8 Å². The average molecular weight is 769 g/mol. The summed E-state index contributed by atoms with van der Waals surface area (Å²) in [7, 11) is 1.64. The minimum Gasteiger partial charge on any atom is -0.457 e. The van der Waals surface area contributed by atoms with Crippen LogP contribution in [-0.4, -0.2) is 75.6 Å². The molecule has 0 aliphatic carbocycles. The number of carbonyl (C=O) groups is 1. The first-order chi connectivity index (χ1) is 25.6. The SMILES string of the molecule is CC/C=C\C/C=C\C/C=C\CCCCCC(=O)OC(COCCCCCCCCCC/C=C\CCCCCCCC)COP(=O)(O)OCC[N+](C)(C)C. The monoisotopic (exact) mass is 769 g/mol. The van der Waals surface area contributed by atoms with Gasteiger partial charge >= 0.3 is 13.8 Å². The lowest BCUT2D eigenvalue weighted by atomic mass is 10.1. The van der Waals surface area contributed by atoms with Crippen LogP contribution in [0.4, 0.5) is 0 Å². The van der Waals surface area contributed by atoms with Gasteiger partial charge < -0.3 is 18.9 Å². The Bertz CT molecular complexity index is 989. The molecule has 8 nitrogen and oxygen atoms in total. The van der Waals surface area contributed by atoms with E-state index >= 15 is 0 Å². The molecule has 1 N–H and O–H groups in total. The fourth-order valence-corrected chi connectivity index (χ4v) is 6.30. The second-order valence-corrected chi connectivity index (χ2v) is 16.8. The van der Waals surface area contributed by atoms with Crippen LogP contribution in [-0.2, 0) is 27.9 Å². The number of phosphoric ester groups is 1. The minimum absolute atomic E-state index is 0.0808. The van der Waals surface area contributed by atoms with E-state index in [1.165, 1.54) is 89.9 Å². The number of unbranched alkanes of at least 4 members (excludes halogenated alkanes) is 17. The normalized spacial score (nSPS) is 14.3. The van der Waals surface area contributed by atoms with Gasteiger partial charge in [0.05, 0.1) is 34.4 Å². The Balaban J connectivity index is 4.27. The molecule has 0 amide bonds. The average Bonchev–Trinajstić information content (AvgIpc) is 3.11. The Morgan fingerprint density at radius 1 is 0.604 bits per heavy atom. The maximum Gasteiger partial charge on any atom is 0.472 e. The third-order valence-electron chi connectivity index (χ3n) is 8.87. The number of ether oxygens (including phenoxy) is 2. The third-order valence-corrected chi connectivity index (χ3v) is 9.86. The highest BCUT2D eigenvalue weighted by atomic mass is 31.2. The number of nitrogens with zero attached hydrogens (tertiary/aromatic N) is 1. The van der Waals surface area contributed by atoms with Gasteiger partial charge in [-0.3, -0.25) is 13.8 Å². The van der Waals surface area contributed by atoms with Crippen LogP contribution in [0.5, 0.6) is 0 Å². The van der Waals surface area contributed by atoms with Crippen LogP contribution in [0.3, 0.4) is 0 Å². The van der Waals surface area contributed by atoms with Gasteiger partial charge in [-0.25, -0.2) is 4.57 Å². The number of carbonyl (C=O) groups excluding carboxylic acids is 1. The number of quaternary nitrogens is 1. The number of likely N-dealkylation sites (N-methyl/N-ethyl adjacent to an activating group) is 1. The quantitative estimate of drug-likeness (QED) is 0.0219. The lowest BCUT2D eigenvalue weighted by molar-refractivity contribution is -0.870. The highest BCUT2D eigenvalue weighted by Gasteiger charge is 2.26. The summed E-state index contributed by atoms with van der Waals surface area (Å²) in [5.74, 6) is -0.345. The molecule has 0 aromatic carbocycles. The summed E-state index contributed by atoms with van der Waals surface area (Å²) in [5, 5.41) is 0. The largest absolute Gasteiger partial charge is 0.472 e. The van der Waals surface area contributed by atoms with Crippen LogP contribution < -0.4 is 0 Å². The van der Waals surface area contributed by atoms with Gasteiger partial charge in [-0.15, -0.1) is 0 Å². The molecule has 0 saturated heterocycles. The molecule has 0 fully saturated rings. The molecule has 0 saturated carbocycles. The van der Waals surface area contributed by atoms with Crippen LogP contribution in [0.1, 0.15) is 168 Å². The van der Waals surface area contributed by atoms with E-state index < -0.39 is 13.9 Å². The van der Waals surface area contributed by atoms with Gasteiger partial charge in [0.1, 0.15) is 19.3 Å². The van der Waals surface area contributed by atoms with Crippen LogP contribution in [0.15, 0.2) is 48.6 Å². The zero-order valence-corrected chi connectivity index (χ0v) is 35.9. The third kappa shape index (κ3) is 41.5. The number of hydrogen-bond donors (Lipinski definition) is 1. The molecule has 0 bridgehead atoms. The fraction of sp³-hybridized carbons (Fsp3) is 0.795. The van der Waals surface area contributed by atoms with Crippen molar-refractivity contribution in [1.29, 1.82) is 0 Å². The Morgan fingerprint density at radius 3 is 1.66 bits per heavy atom. The lowest BCUT2D eigenvalue weighted by Gasteiger charge is -2.24. The van der Waals surface area contributed by atoms with Crippen LogP contribution in [0.2, 0.25) is 0 Å². The van der Waals surface area contributed by atoms with E-state index in [-0.39, 0.29) is 25.8 Å². The molecule has 0 heterocycles. The Kier molecular flexibility index (Phi) is 36.3. The first kappa shape index (κ1) is 51.5. The molecule has 9 heteroatoms.